The molecule has 0 aliphatic carbocycles. The summed E-state index contributed by atoms with van der Waals surface area (Å²) in [5.74, 6) is -0.0711. The third-order valence-corrected chi connectivity index (χ3v) is 10.8. The molecule has 23 heavy (non-hydrogen) atoms. The Balaban J connectivity index is 2.25. The fraction of sp³-hybridized carbons (Fsp3) is 0.632. The van der Waals surface area contributed by atoms with Crippen LogP contribution in [0.4, 0.5) is 10.1 Å². The van der Waals surface area contributed by atoms with Gasteiger partial charge >= 0.3 is 0 Å². The molecule has 2 rings (SSSR count). The standard InChI is InChI=1S/C19H29FNOP/c1-5-9-17(23(6-2)10-7-8-11-23)19(22)21-18-14(3)12-16(20)13-15(18)4/h12-13,17H,5-11H2,1-4H3/p+1. The minimum Gasteiger partial charge on any atom is -0.322 e. The van der Waals surface area contributed by atoms with Crippen molar-refractivity contribution in [1.82, 2.24) is 0 Å². The molecular weight excluding hydrogens is 308 g/mol. The summed E-state index contributed by atoms with van der Waals surface area (Å²) < 4.78 is 13.5. The lowest BCUT2D eigenvalue weighted by Crippen LogP contribution is -2.32. The monoisotopic (exact) mass is 338 g/mol. The molecule has 0 aromatic heterocycles. The van der Waals surface area contributed by atoms with Crippen molar-refractivity contribution in [3.05, 3.63) is 29.1 Å². The van der Waals surface area contributed by atoms with E-state index in [4.69, 9.17) is 0 Å². The molecule has 1 N–H and O–H groups in total. The second-order valence-electron chi connectivity index (χ2n) is 6.90. The van der Waals surface area contributed by atoms with Gasteiger partial charge in [-0.2, -0.15) is 0 Å². The number of rotatable bonds is 6. The Hall–Kier alpha value is -0.950. The Morgan fingerprint density at radius 1 is 1.22 bits per heavy atom. The summed E-state index contributed by atoms with van der Waals surface area (Å²) in [5.41, 5.74) is 2.58. The summed E-state index contributed by atoms with van der Waals surface area (Å²) in [7, 11) is -1.17. The van der Waals surface area contributed by atoms with Crippen molar-refractivity contribution < 1.29 is 9.18 Å². The highest BCUT2D eigenvalue weighted by atomic mass is 31.2. The van der Waals surface area contributed by atoms with Gasteiger partial charge < -0.3 is 5.32 Å². The second kappa shape index (κ2) is 7.75. The van der Waals surface area contributed by atoms with Gasteiger partial charge in [-0.15, -0.1) is 0 Å². The molecule has 128 valence electrons. The molecule has 2 nitrogen and oxygen atoms in total. The number of amides is 1. The molecule has 1 fully saturated rings. The van der Waals surface area contributed by atoms with Gasteiger partial charge in [-0.05, 0) is 63.3 Å². The van der Waals surface area contributed by atoms with Crippen molar-refractivity contribution >= 4 is 18.9 Å². The predicted molar refractivity (Wildman–Crippen MR) is 99.6 cm³/mol. The second-order valence-corrected chi connectivity index (χ2v) is 11.5. The topological polar surface area (TPSA) is 29.1 Å². The van der Waals surface area contributed by atoms with E-state index >= 15 is 0 Å². The van der Waals surface area contributed by atoms with Crippen LogP contribution in [0.1, 0.15) is 50.7 Å². The van der Waals surface area contributed by atoms with Crippen LogP contribution in [-0.4, -0.2) is 30.1 Å². The van der Waals surface area contributed by atoms with E-state index in [0.717, 1.165) is 29.7 Å². The van der Waals surface area contributed by atoms with Gasteiger partial charge in [0, 0.05) is 12.9 Å². The van der Waals surface area contributed by atoms with Crippen LogP contribution in [0.25, 0.3) is 0 Å². The van der Waals surface area contributed by atoms with Gasteiger partial charge in [0.1, 0.15) is 11.5 Å². The molecule has 1 heterocycles. The molecule has 4 heteroatoms. The van der Waals surface area contributed by atoms with Crippen LogP contribution in [-0.2, 0) is 4.79 Å². The van der Waals surface area contributed by atoms with E-state index in [0.29, 0.717) is 0 Å². The first-order chi connectivity index (χ1) is 10.9. The van der Waals surface area contributed by atoms with Gasteiger partial charge in [-0.1, -0.05) is 13.3 Å². The lowest BCUT2D eigenvalue weighted by molar-refractivity contribution is -0.116. The minimum absolute atomic E-state index is 0.168. The zero-order valence-electron chi connectivity index (χ0n) is 14.9. The van der Waals surface area contributed by atoms with Gasteiger partial charge in [-0.25, -0.2) is 4.39 Å². The Labute approximate surface area is 140 Å². The number of benzene rings is 1. The zero-order chi connectivity index (χ0) is 17.0. The van der Waals surface area contributed by atoms with Crippen molar-refractivity contribution in [3.63, 3.8) is 0 Å². The van der Waals surface area contributed by atoms with E-state index in [1.807, 2.05) is 13.8 Å². The average molecular weight is 338 g/mol. The van der Waals surface area contributed by atoms with Gasteiger partial charge in [0.05, 0.1) is 18.5 Å². The molecule has 1 aromatic carbocycles. The summed E-state index contributed by atoms with van der Waals surface area (Å²) >= 11 is 0. The molecule has 1 saturated heterocycles. The third-order valence-electron chi connectivity index (χ3n) is 5.36. The highest BCUT2D eigenvalue weighted by Gasteiger charge is 2.49. The Bertz CT molecular complexity index is 543. The molecule has 0 bridgehead atoms. The molecule has 1 amide bonds. The number of halogens is 1. The zero-order valence-corrected chi connectivity index (χ0v) is 15.8. The minimum atomic E-state index is -1.17. The van der Waals surface area contributed by atoms with E-state index in [-0.39, 0.29) is 17.4 Å². The Kier molecular flexibility index (Phi) is 6.19. The molecule has 0 saturated carbocycles. The van der Waals surface area contributed by atoms with Gasteiger partial charge in [0.25, 0.3) is 5.91 Å². The van der Waals surface area contributed by atoms with Crippen LogP contribution in [0.15, 0.2) is 12.1 Å². The summed E-state index contributed by atoms with van der Waals surface area (Å²) in [6.07, 6.45) is 8.29. The van der Waals surface area contributed by atoms with Crippen LogP contribution < -0.4 is 5.32 Å². The first-order valence-corrected chi connectivity index (χ1v) is 11.3. The van der Waals surface area contributed by atoms with Gasteiger partial charge in [-0.3, -0.25) is 4.79 Å². The van der Waals surface area contributed by atoms with Crippen LogP contribution in [0, 0.1) is 19.7 Å². The quantitative estimate of drug-likeness (QED) is 0.693. The normalized spacial score (nSPS) is 18.0. The number of hydrogen-bond donors (Lipinski definition) is 1. The van der Waals surface area contributed by atoms with Crippen molar-refractivity contribution in [2.75, 3.05) is 23.8 Å². The van der Waals surface area contributed by atoms with Crippen LogP contribution in [0.2, 0.25) is 0 Å². The van der Waals surface area contributed by atoms with Crippen molar-refractivity contribution in [3.8, 4) is 0 Å². The Morgan fingerprint density at radius 2 is 1.78 bits per heavy atom. The van der Waals surface area contributed by atoms with Crippen LogP contribution in [0.3, 0.4) is 0 Å². The average Bonchev–Trinajstić information content (AvgIpc) is 2.98. The molecule has 1 atom stereocenters. The van der Waals surface area contributed by atoms with Gasteiger partial charge in [0.15, 0.2) is 0 Å². The molecule has 1 unspecified atom stereocenters. The number of aryl methyl sites for hydroxylation is 2. The maximum Gasteiger partial charge on any atom is 0.265 e. The lowest BCUT2D eigenvalue weighted by Gasteiger charge is -2.30. The molecule has 1 aliphatic heterocycles. The summed E-state index contributed by atoms with van der Waals surface area (Å²) in [6, 6.07) is 3.00. The van der Waals surface area contributed by atoms with Crippen molar-refractivity contribution in [2.45, 2.75) is 59.0 Å². The Morgan fingerprint density at radius 3 is 2.26 bits per heavy atom. The highest BCUT2D eigenvalue weighted by molar-refractivity contribution is 7.77. The predicted octanol–water partition coefficient (Wildman–Crippen LogP) is 5.38. The van der Waals surface area contributed by atoms with Crippen molar-refractivity contribution in [2.24, 2.45) is 0 Å². The van der Waals surface area contributed by atoms with E-state index in [9.17, 15) is 9.18 Å². The maximum absolute atomic E-state index is 13.5. The number of carbonyl (C=O) groups excluding carboxylic acids is 1. The number of hydrogen-bond acceptors (Lipinski definition) is 1. The molecule has 1 aromatic rings. The molecule has 0 radical (unpaired) electrons. The number of anilines is 1. The first kappa shape index (κ1) is 18.4. The fourth-order valence-electron chi connectivity index (χ4n) is 4.05. The van der Waals surface area contributed by atoms with E-state index in [1.54, 1.807) is 0 Å². The van der Waals surface area contributed by atoms with Crippen LogP contribution in [0.5, 0.6) is 0 Å². The van der Waals surface area contributed by atoms with Crippen molar-refractivity contribution in [1.29, 1.82) is 0 Å². The first-order valence-electron chi connectivity index (χ1n) is 8.87. The number of nitrogens with one attached hydrogen (secondary N) is 1. The summed E-state index contributed by atoms with van der Waals surface area (Å²) in [4.78, 5) is 13.1. The van der Waals surface area contributed by atoms with Gasteiger partial charge in [0.2, 0.25) is 0 Å². The maximum atomic E-state index is 13.5. The summed E-state index contributed by atoms with van der Waals surface area (Å²) in [5, 5.41) is 3.15. The lowest BCUT2D eigenvalue weighted by atomic mass is 10.1. The van der Waals surface area contributed by atoms with E-state index in [1.165, 1.54) is 43.5 Å². The molecule has 0 spiro atoms. The van der Waals surface area contributed by atoms with Crippen LogP contribution >= 0.6 is 7.26 Å². The molecular formula is C19H30FNOP+. The smallest absolute Gasteiger partial charge is 0.265 e. The van der Waals surface area contributed by atoms with E-state index in [2.05, 4.69) is 19.2 Å². The molecule has 1 aliphatic rings. The SMILES string of the molecule is CCCC(C(=O)Nc1c(C)cc(F)cc1C)[P+]1(CC)CCCC1. The fourth-order valence-corrected chi connectivity index (χ4v) is 9.05. The third kappa shape index (κ3) is 3.94. The van der Waals surface area contributed by atoms with E-state index < -0.39 is 7.26 Å². The highest BCUT2D eigenvalue weighted by Crippen LogP contribution is 2.68. The number of carbonyl (C=O) groups is 1. The largest absolute Gasteiger partial charge is 0.322 e. The summed E-state index contributed by atoms with van der Waals surface area (Å²) in [6.45, 7) is 8.15.